The Morgan fingerprint density at radius 2 is 1.44 bits per heavy atom. The summed E-state index contributed by atoms with van der Waals surface area (Å²) in [6.07, 6.45) is 0.671. The highest BCUT2D eigenvalue weighted by molar-refractivity contribution is 5.84. The van der Waals surface area contributed by atoms with Gasteiger partial charge in [-0.3, -0.25) is 0 Å². The summed E-state index contributed by atoms with van der Waals surface area (Å²) >= 11 is 0. The molecule has 7 heteroatoms. The van der Waals surface area contributed by atoms with E-state index in [1.807, 2.05) is 6.92 Å². The van der Waals surface area contributed by atoms with Gasteiger partial charge < -0.3 is 4.74 Å². The number of hydrogen-bond donors (Lipinski definition) is 0. The SMILES string of the molecule is CCCOc1cc(F)c(-c2ccc(C#Cc3ccc4c(F)c(F)c(F)cc4c3)c(F)c2)c(F)c1. The van der Waals surface area contributed by atoms with Crippen molar-refractivity contribution in [1.29, 1.82) is 0 Å². The molecule has 0 aliphatic heterocycles. The summed E-state index contributed by atoms with van der Waals surface area (Å²) in [6.45, 7) is 2.16. The molecular formula is C27H16F6O. The highest BCUT2D eigenvalue weighted by Gasteiger charge is 2.16. The third kappa shape index (κ3) is 4.58. The molecule has 0 amide bonds. The van der Waals surface area contributed by atoms with Gasteiger partial charge in [0.2, 0.25) is 0 Å². The Morgan fingerprint density at radius 1 is 0.706 bits per heavy atom. The fourth-order valence-corrected chi connectivity index (χ4v) is 3.42. The summed E-state index contributed by atoms with van der Waals surface area (Å²) in [5, 5.41) is -0.0218. The number of halogens is 6. The molecule has 0 radical (unpaired) electrons. The molecule has 0 saturated carbocycles. The Balaban J connectivity index is 1.64. The van der Waals surface area contributed by atoms with Gasteiger partial charge >= 0.3 is 0 Å². The zero-order chi connectivity index (χ0) is 24.4. The standard InChI is InChI=1S/C27H16F6O/c1-2-9-34-19-13-22(29)25(23(30)14-19)17-7-6-16(21(28)11-17)5-3-15-4-8-20-18(10-15)12-24(31)27(33)26(20)32/h4,6-8,10-14H,2,9H2,1H3. The van der Waals surface area contributed by atoms with E-state index in [2.05, 4.69) is 11.8 Å². The predicted octanol–water partition coefficient (Wildman–Crippen LogP) is 7.53. The second kappa shape index (κ2) is 9.52. The van der Waals surface area contributed by atoms with Crippen molar-refractivity contribution in [1.82, 2.24) is 0 Å². The topological polar surface area (TPSA) is 9.23 Å². The third-order valence-electron chi connectivity index (χ3n) is 5.06. The number of benzene rings is 4. The lowest BCUT2D eigenvalue weighted by Gasteiger charge is -2.10. The highest BCUT2D eigenvalue weighted by atomic mass is 19.2. The molecule has 1 nitrogen and oxygen atoms in total. The van der Waals surface area contributed by atoms with Crippen molar-refractivity contribution in [2.24, 2.45) is 0 Å². The number of rotatable bonds is 4. The summed E-state index contributed by atoms with van der Waals surface area (Å²) in [5.74, 6) is -1.51. The zero-order valence-corrected chi connectivity index (χ0v) is 17.8. The van der Waals surface area contributed by atoms with E-state index in [0.29, 0.717) is 18.6 Å². The Morgan fingerprint density at radius 3 is 2.12 bits per heavy atom. The Labute approximate surface area is 191 Å². The first-order chi connectivity index (χ1) is 16.3. The Bertz CT molecular complexity index is 1440. The minimum Gasteiger partial charge on any atom is -0.493 e. The first-order valence-corrected chi connectivity index (χ1v) is 10.3. The third-order valence-corrected chi connectivity index (χ3v) is 5.06. The van der Waals surface area contributed by atoms with Gasteiger partial charge in [-0.15, -0.1) is 0 Å². The van der Waals surface area contributed by atoms with Gasteiger partial charge in [-0.2, -0.15) is 0 Å². The molecule has 34 heavy (non-hydrogen) atoms. The number of fused-ring (bicyclic) bond motifs is 1. The first kappa shape index (κ1) is 23.2. The van der Waals surface area contributed by atoms with Gasteiger partial charge in [0, 0.05) is 23.1 Å². The van der Waals surface area contributed by atoms with Crippen molar-refractivity contribution in [2.75, 3.05) is 6.61 Å². The van der Waals surface area contributed by atoms with E-state index in [4.69, 9.17) is 4.74 Å². The smallest absolute Gasteiger partial charge is 0.195 e. The van der Waals surface area contributed by atoms with E-state index in [0.717, 1.165) is 24.3 Å². The van der Waals surface area contributed by atoms with Gasteiger partial charge in [0.1, 0.15) is 23.2 Å². The average molecular weight is 470 g/mol. The van der Waals surface area contributed by atoms with Crippen molar-refractivity contribution >= 4 is 10.8 Å². The summed E-state index contributed by atoms with van der Waals surface area (Å²) in [6, 6.07) is 10.5. The monoisotopic (exact) mass is 470 g/mol. The summed E-state index contributed by atoms with van der Waals surface area (Å²) in [4.78, 5) is 0. The quantitative estimate of drug-likeness (QED) is 0.170. The van der Waals surface area contributed by atoms with Crippen molar-refractivity contribution in [3.8, 4) is 28.7 Å². The molecule has 0 aliphatic rings. The lowest BCUT2D eigenvalue weighted by Crippen LogP contribution is -1.98. The molecule has 172 valence electrons. The van der Waals surface area contributed by atoms with E-state index in [-0.39, 0.29) is 27.6 Å². The Kier molecular flexibility index (Phi) is 6.51. The highest BCUT2D eigenvalue weighted by Crippen LogP contribution is 2.31. The van der Waals surface area contributed by atoms with Crippen molar-refractivity contribution in [2.45, 2.75) is 13.3 Å². The van der Waals surface area contributed by atoms with Gasteiger partial charge in [0.15, 0.2) is 17.5 Å². The average Bonchev–Trinajstić information content (AvgIpc) is 2.80. The van der Waals surface area contributed by atoms with Gasteiger partial charge in [-0.1, -0.05) is 30.9 Å². The van der Waals surface area contributed by atoms with Crippen LogP contribution in [0.5, 0.6) is 5.75 Å². The minimum atomic E-state index is -1.57. The van der Waals surface area contributed by atoms with Crippen LogP contribution in [0.4, 0.5) is 26.3 Å². The molecule has 0 saturated heterocycles. The number of ether oxygens (including phenoxy) is 1. The van der Waals surface area contributed by atoms with Crippen LogP contribution in [0.1, 0.15) is 24.5 Å². The molecule has 4 aromatic carbocycles. The molecule has 0 spiro atoms. The van der Waals surface area contributed by atoms with Crippen LogP contribution < -0.4 is 4.74 Å². The fourth-order valence-electron chi connectivity index (χ4n) is 3.42. The number of hydrogen-bond acceptors (Lipinski definition) is 1. The Hall–Kier alpha value is -3.92. The fraction of sp³-hybridized carbons (Fsp3) is 0.111. The molecule has 4 aromatic rings. The largest absolute Gasteiger partial charge is 0.493 e. The van der Waals surface area contributed by atoms with E-state index >= 15 is 0 Å². The van der Waals surface area contributed by atoms with E-state index < -0.39 is 40.5 Å². The second-order valence-electron chi connectivity index (χ2n) is 7.48. The molecular weight excluding hydrogens is 454 g/mol. The van der Waals surface area contributed by atoms with Crippen molar-refractivity contribution < 1.29 is 31.1 Å². The lowest BCUT2D eigenvalue weighted by atomic mass is 10.0. The van der Waals surface area contributed by atoms with Crippen LogP contribution in [0.15, 0.2) is 54.6 Å². The predicted molar refractivity (Wildman–Crippen MR) is 117 cm³/mol. The van der Waals surface area contributed by atoms with Crippen molar-refractivity contribution in [3.05, 3.63) is 101 Å². The molecule has 4 rings (SSSR count). The molecule has 0 atom stereocenters. The van der Waals surface area contributed by atoms with Crippen LogP contribution >= 0.6 is 0 Å². The van der Waals surface area contributed by atoms with Crippen LogP contribution in [0.3, 0.4) is 0 Å². The summed E-state index contributed by atoms with van der Waals surface area (Å²) in [7, 11) is 0. The molecule has 0 aliphatic carbocycles. The van der Waals surface area contributed by atoms with Crippen LogP contribution in [0, 0.1) is 46.7 Å². The molecule has 0 aromatic heterocycles. The minimum absolute atomic E-state index is 0.0150. The summed E-state index contributed by atoms with van der Waals surface area (Å²) in [5.41, 5.74) is -0.156. The van der Waals surface area contributed by atoms with Crippen LogP contribution in [0.25, 0.3) is 21.9 Å². The summed E-state index contributed by atoms with van der Waals surface area (Å²) < 4.78 is 89.6. The maximum Gasteiger partial charge on any atom is 0.195 e. The molecule has 0 heterocycles. The van der Waals surface area contributed by atoms with Crippen LogP contribution in [0.2, 0.25) is 0 Å². The molecule has 0 unspecified atom stereocenters. The van der Waals surface area contributed by atoms with Crippen molar-refractivity contribution in [3.63, 3.8) is 0 Å². The van der Waals surface area contributed by atoms with Crippen LogP contribution in [-0.4, -0.2) is 6.61 Å². The first-order valence-electron chi connectivity index (χ1n) is 10.3. The normalized spacial score (nSPS) is 10.8. The maximum absolute atomic E-state index is 14.6. The second-order valence-corrected chi connectivity index (χ2v) is 7.48. The molecule has 0 N–H and O–H groups in total. The van der Waals surface area contributed by atoms with Gasteiger partial charge in [-0.05, 0) is 47.7 Å². The maximum atomic E-state index is 14.6. The van der Waals surface area contributed by atoms with Crippen LogP contribution in [-0.2, 0) is 0 Å². The van der Waals surface area contributed by atoms with E-state index in [1.165, 1.54) is 30.3 Å². The molecule has 0 bridgehead atoms. The van der Waals surface area contributed by atoms with Gasteiger partial charge in [0.05, 0.1) is 17.7 Å². The van der Waals surface area contributed by atoms with Gasteiger partial charge in [0.25, 0.3) is 0 Å². The van der Waals surface area contributed by atoms with Gasteiger partial charge in [-0.25, -0.2) is 26.3 Å². The zero-order valence-electron chi connectivity index (χ0n) is 17.8. The van der Waals surface area contributed by atoms with E-state index in [9.17, 15) is 26.3 Å². The lowest BCUT2D eigenvalue weighted by molar-refractivity contribution is 0.314. The molecule has 0 fully saturated rings. The van der Waals surface area contributed by atoms with E-state index in [1.54, 1.807) is 0 Å².